The monoisotopic (exact) mass is 225 g/mol. The molecule has 0 aromatic heterocycles. The fourth-order valence-corrected chi connectivity index (χ4v) is 1.61. The first-order valence-electron chi connectivity index (χ1n) is 5.86. The second-order valence-corrected chi connectivity index (χ2v) is 4.18. The Balaban J connectivity index is 3.54. The minimum Gasteiger partial charge on any atom is -0.469 e. The van der Waals surface area contributed by atoms with E-state index in [2.05, 4.69) is 22.9 Å². The van der Waals surface area contributed by atoms with E-state index < -0.39 is 0 Å². The molecule has 0 heterocycles. The maximum atomic E-state index is 11.2. The molecule has 1 N–H and O–H groups in total. The van der Waals surface area contributed by atoms with Gasteiger partial charge in [0.15, 0.2) is 0 Å². The average Bonchev–Trinajstić information content (AvgIpc) is 2.27. The van der Waals surface area contributed by atoms with Crippen LogP contribution in [0.5, 0.6) is 0 Å². The number of methoxy groups -OCH3 is 1. The molecule has 0 aliphatic rings. The third-order valence-corrected chi connectivity index (χ3v) is 2.55. The van der Waals surface area contributed by atoms with Crippen LogP contribution in [0.2, 0.25) is 0 Å². The molecule has 0 aromatic rings. The van der Waals surface area contributed by atoms with Gasteiger partial charge in [-0.1, -0.05) is 6.92 Å². The number of unbranched alkanes of at least 4 members (excludes halogenated alkanes) is 2. The Bertz CT molecular complexity index is 233. The van der Waals surface area contributed by atoms with Crippen LogP contribution in [-0.4, -0.2) is 25.7 Å². The number of rotatable bonds is 8. The van der Waals surface area contributed by atoms with E-state index in [1.165, 1.54) is 7.11 Å². The number of hydrogen-bond donors (Lipinski definition) is 1. The van der Waals surface area contributed by atoms with Gasteiger partial charge < -0.3 is 10.1 Å². The zero-order valence-electron chi connectivity index (χ0n) is 10.6. The van der Waals surface area contributed by atoms with Crippen molar-refractivity contribution < 1.29 is 9.53 Å². The highest BCUT2D eigenvalue weighted by Gasteiger charge is 2.15. The summed E-state index contributed by atoms with van der Waals surface area (Å²) >= 11 is 0. The summed E-state index contributed by atoms with van der Waals surface area (Å²) in [6.07, 6.45) is 8.96. The zero-order chi connectivity index (χ0) is 12.4. The number of nitrogens with one attached hydrogen (secondary N) is 1. The summed E-state index contributed by atoms with van der Waals surface area (Å²) in [7, 11) is 1.43. The normalized spacial score (nSPS) is 13.9. The third kappa shape index (κ3) is 7.30. The largest absolute Gasteiger partial charge is 0.469 e. The summed E-state index contributed by atoms with van der Waals surface area (Å²) in [5.74, 6) is 2.44. The maximum Gasteiger partial charge on any atom is 0.308 e. The number of hydrogen-bond acceptors (Lipinski definition) is 3. The van der Waals surface area contributed by atoms with E-state index in [-0.39, 0.29) is 11.9 Å². The van der Waals surface area contributed by atoms with E-state index >= 15 is 0 Å². The van der Waals surface area contributed by atoms with Gasteiger partial charge in [-0.05, 0) is 32.7 Å². The number of terminal acetylenes is 1. The van der Waals surface area contributed by atoms with Crippen molar-refractivity contribution in [1.29, 1.82) is 0 Å². The predicted octanol–water partition coefficient (Wildman–Crippen LogP) is 1.97. The average molecular weight is 225 g/mol. The number of esters is 1. The van der Waals surface area contributed by atoms with Gasteiger partial charge in [0.25, 0.3) is 0 Å². The summed E-state index contributed by atoms with van der Waals surface area (Å²) in [5, 5.41) is 3.38. The molecule has 92 valence electrons. The molecular formula is C13H23NO2. The smallest absolute Gasteiger partial charge is 0.308 e. The van der Waals surface area contributed by atoms with Gasteiger partial charge in [-0.15, -0.1) is 12.3 Å². The Morgan fingerprint density at radius 1 is 1.44 bits per heavy atom. The molecule has 2 atom stereocenters. The van der Waals surface area contributed by atoms with Crippen molar-refractivity contribution in [3.63, 3.8) is 0 Å². The van der Waals surface area contributed by atoms with Gasteiger partial charge >= 0.3 is 5.97 Å². The minimum absolute atomic E-state index is 0.0433. The van der Waals surface area contributed by atoms with Crippen LogP contribution in [0.25, 0.3) is 0 Å². The molecule has 0 bridgehead atoms. The fourth-order valence-electron chi connectivity index (χ4n) is 1.61. The van der Waals surface area contributed by atoms with Crippen LogP contribution in [0, 0.1) is 18.3 Å². The number of carbonyl (C=O) groups excluding carboxylic acids is 1. The molecule has 0 spiro atoms. The number of carbonyl (C=O) groups is 1. The van der Waals surface area contributed by atoms with Crippen molar-refractivity contribution in [3.05, 3.63) is 0 Å². The van der Waals surface area contributed by atoms with Gasteiger partial charge in [0.1, 0.15) is 0 Å². The van der Waals surface area contributed by atoms with Gasteiger partial charge in [-0.25, -0.2) is 0 Å². The fraction of sp³-hybridized carbons (Fsp3) is 0.769. The van der Waals surface area contributed by atoms with Crippen LogP contribution in [0.3, 0.4) is 0 Å². The highest BCUT2D eigenvalue weighted by atomic mass is 16.5. The Labute approximate surface area is 98.9 Å². The van der Waals surface area contributed by atoms with E-state index in [9.17, 15) is 4.79 Å². The molecule has 0 radical (unpaired) electrons. The highest BCUT2D eigenvalue weighted by molar-refractivity contribution is 5.71. The molecule has 3 nitrogen and oxygen atoms in total. The quantitative estimate of drug-likeness (QED) is 0.390. The minimum atomic E-state index is -0.138. The summed E-state index contributed by atoms with van der Waals surface area (Å²) in [5.41, 5.74) is 0. The summed E-state index contributed by atoms with van der Waals surface area (Å²) in [6.45, 7) is 4.93. The molecule has 0 aliphatic heterocycles. The van der Waals surface area contributed by atoms with Crippen LogP contribution >= 0.6 is 0 Å². The van der Waals surface area contributed by atoms with Crippen LogP contribution in [0.15, 0.2) is 0 Å². The molecule has 0 rings (SSSR count). The van der Waals surface area contributed by atoms with Gasteiger partial charge in [-0.3, -0.25) is 4.79 Å². The molecule has 0 aromatic carbocycles. The molecule has 0 saturated heterocycles. The molecule has 0 saturated carbocycles. The number of ether oxygens (including phenoxy) is 1. The van der Waals surface area contributed by atoms with Crippen LogP contribution < -0.4 is 5.32 Å². The first-order chi connectivity index (χ1) is 7.61. The van der Waals surface area contributed by atoms with E-state index in [0.717, 1.165) is 32.2 Å². The Kier molecular flexibility index (Phi) is 8.65. The Hall–Kier alpha value is -1.01. The molecular weight excluding hydrogens is 202 g/mol. The highest BCUT2D eigenvalue weighted by Crippen LogP contribution is 2.07. The molecule has 0 aliphatic carbocycles. The third-order valence-electron chi connectivity index (χ3n) is 2.55. The van der Waals surface area contributed by atoms with E-state index in [4.69, 9.17) is 6.42 Å². The summed E-state index contributed by atoms with van der Waals surface area (Å²) in [4.78, 5) is 11.2. The van der Waals surface area contributed by atoms with Crippen molar-refractivity contribution in [2.24, 2.45) is 5.92 Å². The van der Waals surface area contributed by atoms with Crippen molar-refractivity contribution in [2.45, 2.75) is 45.6 Å². The molecule has 0 amide bonds. The van der Waals surface area contributed by atoms with E-state index in [1.54, 1.807) is 0 Å². The maximum absolute atomic E-state index is 11.2. The lowest BCUT2D eigenvalue weighted by Gasteiger charge is -2.16. The van der Waals surface area contributed by atoms with E-state index in [1.807, 2.05) is 6.92 Å². The van der Waals surface area contributed by atoms with Gasteiger partial charge in [0, 0.05) is 12.5 Å². The first kappa shape index (κ1) is 15.0. The van der Waals surface area contributed by atoms with Crippen LogP contribution in [0.4, 0.5) is 0 Å². The topological polar surface area (TPSA) is 38.3 Å². The standard InChI is InChI=1S/C13H23NO2/c1-5-6-7-8-9-14-12(3)10-11(2)13(15)16-4/h1,11-12,14H,6-10H2,2-4H3. The molecule has 0 fully saturated rings. The van der Waals surface area contributed by atoms with Crippen molar-refractivity contribution in [2.75, 3.05) is 13.7 Å². The second-order valence-electron chi connectivity index (χ2n) is 4.18. The van der Waals surface area contributed by atoms with Crippen LogP contribution in [-0.2, 0) is 9.53 Å². The summed E-state index contributed by atoms with van der Waals surface area (Å²) < 4.78 is 4.68. The summed E-state index contributed by atoms with van der Waals surface area (Å²) in [6, 6.07) is 0.333. The molecule has 2 unspecified atom stereocenters. The van der Waals surface area contributed by atoms with Gasteiger partial charge in [0.05, 0.1) is 13.0 Å². The van der Waals surface area contributed by atoms with Crippen molar-refractivity contribution in [1.82, 2.24) is 5.32 Å². The predicted molar refractivity (Wildman–Crippen MR) is 65.9 cm³/mol. The molecule has 16 heavy (non-hydrogen) atoms. The SMILES string of the molecule is C#CCCCCNC(C)CC(C)C(=O)OC. The lowest BCUT2D eigenvalue weighted by molar-refractivity contribution is -0.145. The Morgan fingerprint density at radius 2 is 2.12 bits per heavy atom. The lowest BCUT2D eigenvalue weighted by Crippen LogP contribution is -2.30. The van der Waals surface area contributed by atoms with Crippen molar-refractivity contribution in [3.8, 4) is 12.3 Å². The second kappa shape index (κ2) is 9.23. The first-order valence-corrected chi connectivity index (χ1v) is 5.86. The Morgan fingerprint density at radius 3 is 2.69 bits per heavy atom. The van der Waals surface area contributed by atoms with Gasteiger partial charge in [0.2, 0.25) is 0 Å². The van der Waals surface area contributed by atoms with E-state index in [0.29, 0.717) is 6.04 Å². The van der Waals surface area contributed by atoms with Crippen molar-refractivity contribution >= 4 is 5.97 Å². The zero-order valence-corrected chi connectivity index (χ0v) is 10.6. The lowest BCUT2D eigenvalue weighted by atomic mass is 10.0. The van der Waals surface area contributed by atoms with Crippen LogP contribution in [0.1, 0.15) is 39.5 Å². The van der Waals surface area contributed by atoms with Gasteiger partial charge in [-0.2, -0.15) is 0 Å². The molecule has 3 heteroatoms.